The second-order valence-corrected chi connectivity index (χ2v) is 12.6. The Morgan fingerprint density at radius 2 is 1.19 bits per heavy atom. The number of hydrogen-bond acceptors (Lipinski definition) is 4. The molecule has 0 spiro atoms. The highest BCUT2D eigenvalue weighted by molar-refractivity contribution is 6.32. The van der Waals surface area contributed by atoms with Crippen molar-refractivity contribution in [3.05, 3.63) is 112 Å². The lowest BCUT2D eigenvalue weighted by Crippen LogP contribution is -2.51. The van der Waals surface area contributed by atoms with E-state index in [-0.39, 0.29) is 35.5 Å². The van der Waals surface area contributed by atoms with E-state index in [1.54, 1.807) is 48.5 Å². The number of carbonyl (C=O) groups excluding carboxylic acids is 4. The van der Waals surface area contributed by atoms with Crippen molar-refractivity contribution in [3.63, 3.8) is 0 Å². The van der Waals surface area contributed by atoms with Gasteiger partial charge in [-0.05, 0) is 59.9 Å². The van der Waals surface area contributed by atoms with Gasteiger partial charge in [-0.3, -0.25) is 19.2 Å². The topological polar surface area (TPSA) is 74.8 Å². The first-order valence-electron chi connectivity index (χ1n) is 14.1. The highest BCUT2D eigenvalue weighted by Crippen LogP contribution is 2.63. The molecule has 1 saturated carbocycles. The Kier molecular flexibility index (Phi) is 5.66. The summed E-state index contributed by atoms with van der Waals surface area (Å²) in [5.74, 6) is -4.63. The largest absolute Gasteiger partial charge is 0.274 e. The van der Waals surface area contributed by atoms with Gasteiger partial charge in [0, 0.05) is 21.9 Å². The molecule has 2 aliphatic heterocycles. The molecule has 0 radical (unpaired) electrons. The van der Waals surface area contributed by atoms with Crippen LogP contribution in [0.15, 0.2) is 96.6 Å². The molecule has 9 rings (SSSR count). The third-order valence-electron chi connectivity index (χ3n) is 9.76. The molecule has 4 amide bonds. The van der Waals surface area contributed by atoms with Crippen LogP contribution in [0.4, 0.5) is 11.4 Å². The molecule has 0 unspecified atom stereocenters. The van der Waals surface area contributed by atoms with Crippen molar-refractivity contribution in [3.8, 4) is 0 Å². The fourth-order valence-electron chi connectivity index (χ4n) is 8.26. The molecule has 208 valence electrons. The molecule has 8 heteroatoms. The van der Waals surface area contributed by atoms with Crippen molar-refractivity contribution in [1.29, 1.82) is 0 Å². The number of allylic oxidation sites excluding steroid dienone is 4. The van der Waals surface area contributed by atoms with Gasteiger partial charge < -0.3 is 0 Å². The summed E-state index contributed by atoms with van der Waals surface area (Å²) in [5.41, 5.74) is 3.87. The first-order chi connectivity index (χ1) is 20.3. The van der Waals surface area contributed by atoms with Crippen LogP contribution in [0.25, 0.3) is 5.57 Å². The average molecular weight is 595 g/mol. The minimum Gasteiger partial charge on any atom is -0.274 e. The zero-order valence-electron chi connectivity index (χ0n) is 22.2. The summed E-state index contributed by atoms with van der Waals surface area (Å²) in [6.07, 6.45) is 4.44. The number of anilines is 2. The highest BCUT2D eigenvalue weighted by atomic mass is 35.5. The van der Waals surface area contributed by atoms with E-state index in [1.807, 2.05) is 42.5 Å². The van der Waals surface area contributed by atoms with Crippen molar-refractivity contribution < 1.29 is 19.2 Å². The van der Waals surface area contributed by atoms with E-state index in [0.29, 0.717) is 27.8 Å². The number of amides is 4. The number of rotatable bonds is 3. The lowest BCUT2D eigenvalue weighted by molar-refractivity contribution is -0.129. The Labute approximate surface area is 252 Å². The Morgan fingerprint density at radius 3 is 1.83 bits per heavy atom. The van der Waals surface area contributed by atoms with Gasteiger partial charge in [0.05, 0.1) is 35.0 Å². The van der Waals surface area contributed by atoms with Crippen LogP contribution in [-0.4, -0.2) is 23.6 Å². The summed E-state index contributed by atoms with van der Waals surface area (Å²) < 4.78 is 0. The van der Waals surface area contributed by atoms with E-state index in [4.69, 9.17) is 23.2 Å². The van der Waals surface area contributed by atoms with Crippen molar-refractivity contribution >= 4 is 63.8 Å². The third kappa shape index (κ3) is 3.45. The zero-order valence-corrected chi connectivity index (χ0v) is 23.7. The van der Waals surface area contributed by atoms with E-state index in [1.165, 1.54) is 9.80 Å². The molecule has 6 nitrogen and oxygen atoms in total. The first kappa shape index (κ1) is 25.7. The van der Waals surface area contributed by atoms with E-state index in [9.17, 15) is 19.2 Å². The molecule has 2 saturated heterocycles. The van der Waals surface area contributed by atoms with E-state index in [0.717, 1.165) is 16.7 Å². The fourth-order valence-corrected chi connectivity index (χ4v) is 8.62. The molecule has 4 aliphatic carbocycles. The van der Waals surface area contributed by atoms with Gasteiger partial charge in [-0.15, -0.1) is 0 Å². The van der Waals surface area contributed by atoms with Gasteiger partial charge >= 0.3 is 0 Å². The van der Waals surface area contributed by atoms with Gasteiger partial charge in [0.15, 0.2) is 0 Å². The average Bonchev–Trinajstić information content (AvgIpc) is 3.42. The minimum absolute atomic E-state index is 0.249. The fraction of sp³-hybridized carbons (Fsp3) is 0.235. The molecule has 2 heterocycles. The van der Waals surface area contributed by atoms with Gasteiger partial charge in [-0.25, -0.2) is 9.80 Å². The van der Waals surface area contributed by atoms with Crippen LogP contribution in [-0.2, 0) is 19.2 Å². The summed E-state index contributed by atoms with van der Waals surface area (Å²) in [6.45, 7) is 0. The molecule has 0 N–H and O–H groups in total. The predicted octanol–water partition coefficient (Wildman–Crippen LogP) is 6.19. The molecule has 3 aromatic carbocycles. The summed E-state index contributed by atoms with van der Waals surface area (Å²) in [7, 11) is 0. The molecule has 3 aromatic rings. The molecule has 7 atom stereocenters. The zero-order chi connectivity index (χ0) is 28.9. The van der Waals surface area contributed by atoms with Crippen molar-refractivity contribution in [2.75, 3.05) is 9.80 Å². The highest BCUT2D eigenvalue weighted by Gasteiger charge is 2.67. The molecular weight excluding hydrogens is 571 g/mol. The van der Waals surface area contributed by atoms with Gasteiger partial charge in [0.2, 0.25) is 23.6 Å². The smallest absolute Gasteiger partial charge is 0.238 e. The maximum atomic E-state index is 14.2. The first-order valence-corrected chi connectivity index (χ1v) is 14.8. The number of benzene rings is 3. The lowest BCUT2D eigenvalue weighted by Gasteiger charge is -2.51. The lowest BCUT2D eigenvalue weighted by atomic mass is 9.49. The molecule has 6 aliphatic rings. The standard InChI is InChI=1S/C34H24Cl2N2O4/c35-18-8-4-10-20(14-18)37-31(39)25-16-24(17-6-2-1-3-7-17)26-22-12-13-23(27(26)30(25)34(37)42)29-28(22)32(40)38(33(29)41)21-11-5-9-19(36)15-21/h1-15,22-23,25,27-30H,16H2/t22-,23+,25+,27-,28+,29+,30-/m0/s1. The van der Waals surface area contributed by atoms with E-state index < -0.39 is 29.6 Å². The number of imide groups is 2. The summed E-state index contributed by atoms with van der Waals surface area (Å²) in [5, 5.41) is 0.872. The van der Waals surface area contributed by atoms with Crippen molar-refractivity contribution in [2.45, 2.75) is 6.42 Å². The van der Waals surface area contributed by atoms with Crippen LogP contribution in [0.1, 0.15) is 12.0 Å². The summed E-state index contributed by atoms with van der Waals surface area (Å²) in [4.78, 5) is 58.9. The number of nitrogens with zero attached hydrogens (tertiary/aromatic N) is 2. The van der Waals surface area contributed by atoms with Crippen LogP contribution in [0, 0.1) is 41.4 Å². The Balaban J connectivity index is 1.29. The second kappa shape index (κ2) is 9.25. The SMILES string of the molecule is O=C1[C@@H]2[C@@H]3C=C[C@@H](C4=C(c5ccccc5)C[C@H]5C(=O)N(c6cccc(Cl)c6)C(=O)[C@@H]5[C@H]43)[C@H]2C(=O)N1c1cccc(Cl)c1. The molecule has 0 aromatic heterocycles. The van der Waals surface area contributed by atoms with Gasteiger partial charge in [-0.1, -0.05) is 83.4 Å². The van der Waals surface area contributed by atoms with Gasteiger partial charge in [0.25, 0.3) is 0 Å². The van der Waals surface area contributed by atoms with Crippen LogP contribution >= 0.6 is 23.2 Å². The quantitative estimate of drug-likeness (QED) is 0.267. The molecule has 42 heavy (non-hydrogen) atoms. The van der Waals surface area contributed by atoms with E-state index >= 15 is 0 Å². The van der Waals surface area contributed by atoms with Crippen molar-refractivity contribution in [2.24, 2.45) is 41.4 Å². The number of fused-ring (bicyclic) bond motifs is 1. The Morgan fingerprint density at radius 1 is 0.595 bits per heavy atom. The van der Waals surface area contributed by atoms with Crippen LogP contribution in [0.3, 0.4) is 0 Å². The van der Waals surface area contributed by atoms with Crippen molar-refractivity contribution in [1.82, 2.24) is 0 Å². The monoisotopic (exact) mass is 594 g/mol. The van der Waals surface area contributed by atoms with Crippen LogP contribution in [0.5, 0.6) is 0 Å². The third-order valence-corrected chi connectivity index (χ3v) is 10.2. The van der Waals surface area contributed by atoms with Gasteiger partial charge in [-0.2, -0.15) is 0 Å². The maximum absolute atomic E-state index is 14.2. The van der Waals surface area contributed by atoms with Crippen LogP contribution in [0.2, 0.25) is 10.0 Å². The van der Waals surface area contributed by atoms with Crippen LogP contribution < -0.4 is 9.80 Å². The number of carbonyl (C=O) groups is 4. The minimum atomic E-state index is -0.638. The normalized spacial score (nSPS) is 31.1. The maximum Gasteiger partial charge on any atom is 0.238 e. The summed E-state index contributed by atoms with van der Waals surface area (Å²) >= 11 is 12.5. The van der Waals surface area contributed by atoms with E-state index in [2.05, 4.69) is 0 Å². The van der Waals surface area contributed by atoms with Gasteiger partial charge in [0.1, 0.15) is 0 Å². The summed E-state index contributed by atoms with van der Waals surface area (Å²) in [6, 6.07) is 23.4. The molecule has 2 bridgehead atoms. The Hall–Kier alpha value is -4.00. The number of halogens is 2. The second-order valence-electron chi connectivity index (χ2n) is 11.7. The Bertz CT molecular complexity index is 1780. The molecule has 3 fully saturated rings. The number of hydrogen-bond donors (Lipinski definition) is 0. The molecular formula is C34H24Cl2N2O4. The predicted molar refractivity (Wildman–Crippen MR) is 159 cm³/mol.